The highest BCUT2D eigenvalue weighted by Crippen LogP contribution is 2.19. The first-order valence-corrected chi connectivity index (χ1v) is 8.12. The van der Waals surface area contributed by atoms with E-state index in [1.54, 1.807) is 29.9 Å². The number of nitrogens with zero attached hydrogens (tertiary/aromatic N) is 3. The number of benzene rings is 2. The van der Waals surface area contributed by atoms with Crippen LogP contribution in [0.3, 0.4) is 0 Å². The molecule has 0 saturated carbocycles. The van der Waals surface area contributed by atoms with E-state index in [4.69, 9.17) is 4.74 Å². The lowest BCUT2D eigenvalue weighted by Crippen LogP contribution is -2.27. The van der Waals surface area contributed by atoms with Crippen molar-refractivity contribution in [3.05, 3.63) is 78.1 Å². The molecule has 5 nitrogen and oxygen atoms in total. The lowest BCUT2D eigenvalue weighted by molar-refractivity contribution is -0.129. The van der Waals surface area contributed by atoms with Crippen molar-refractivity contribution >= 4 is 5.91 Å². The Morgan fingerprint density at radius 3 is 2.60 bits per heavy atom. The third kappa shape index (κ3) is 4.07. The number of likely N-dealkylation sites (N-methyl/N-ethyl adjacent to an activating group) is 1. The number of ether oxygens (including phenoxy) is 1. The lowest BCUT2D eigenvalue weighted by Gasteiger charge is -2.18. The first-order chi connectivity index (χ1) is 12.2. The largest absolute Gasteiger partial charge is 0.496 e. The smallest absolute Gasteiger partial charge is 0.227 e. The maximum absolute atomic E-state index is 12.5. The predicted molar refractivity (Wildman–Crippen MR) is 96.7 cm³/mol. The van der Waals surface area contributed by atoms with Gasteiger partial charge in [-0.2, -0.15) is 5.10 Å². The molecule has 0 atom stereocenters. The van der Waals surface area contributed by atoms with E-state index in [1.807, 2.05) is 60.8 Å². The molecule has 0 aliphatic rings. The monoisotopic (exact) mass is 335 g/mol. The summed E-state index contributed by atoms with van der Waals surface area (Å²) in [6.45, 7) is 0.510. The van der Waals surface area contributed by atoms with Crippen LogP contribution in [-0.4, -0.2) is 34.7 Å². The molecule has 3 aromatic rings. The van der Waals surface area contributed by atoms with Crippen LogP contribution in [0.1, 0.15) is 11.1 Å². The summed E-state index contributed by atoms with van der Waals surface area (Å²) in [5, 5.41) is 4.34. The van der Waals surface area contributed by atoms with Crippen LogP contribution in [0.25, 0.3) is 5.69 Å². The second-order valence-electron chi connectivity index (χ2n) is 5.87. The van der Waals surface area contributed by atoms with Gasteiger partial charge in [0.15, 0.2) is 0 Å². The predicted octanol–water partition coefficient (Wildman–Crippen LogP) is 3.08. The molecule has 0 bridgehead atoms. The average Bonchev–Trinajstić information content (AvgIpc) is 3.11. The fraction of sp³-hybridized carbons (Fsp3) is 0.200. The first-order valence-electron chi connectivity index (χ1n) is 8.12. The summed E-state index contributed by atoms with van der Waals surface area (Å²) in [6, 6.07) is 17.6. The Labute approximate surface area is 147 Å². The second kappa shape index (κ2) is 7.66. The van der Waals surface area contributed by atoms with Crippen molar-refractivity contribution in [2.45, 2.75) is 13.0 Å². The van der Waals surface area contributed by atoms with Crippen molar-refractivity contribution in [2.75, 3.05) is 14.2 Å². The molecule has 0 saturated heterocycles. The van der Waals surface area contributed by atoms with Crippen LogP contribution in [0.2, 0.25) is 0 Å². The van der Waals surface area contributed by atoms with Gasteiger partial charge in [-0.05, 0) is 23.8 Å². The van der Waals surface area contributed by atoms with Crippen LogP contribution >= 0.6 is 0 Å². The van der Waals surface area contributed by atoms with Gasteiger partial charge in [0.2, 0.25) is 5.91 Å². The molecule has 0 aliphatic carbocycles. The second-order valence-corrected chi connectivity index (χ2v) is 5.87. The molecule has 2 aromatic carbocycles. The molecule has 3 rings (SSSR count). The van der Waals surface area contributed by atoms with Crippen molar-refractivity contribution in [2.24, 2.45) is 0 Å². The summed E-state index contributed by atoms with van der Waals surface area (Å²) in [4.78, 5) is 14.2. The van der Waals surface area contributed by atoms with Gasteiger partial charge >= 0.3 is 0 Å². The molecule has 1 heterocycles. The molecule has 1 amide bonds. The van der Waals surface area contributed by atoms with Crippen molar-refractivity contribution in [1.82, 2.24) is 14.7 Å². The third-order valence-electron chi connectivity index (χ3n) is 4.04. The minimum atomic E-state index is 0.0403. The summed E-state index contributed by atoms with van der Waals surface area (Å²) < 4.78 is 7.13. The van der Waals surface area contributed by atoms with E-state index in [2.05, 4.69) is 5.10 Å². The van der Waals surface area contributed by atoms with Gasteiger partial charge in [-0.3, -0.25) is 4.79 Å². The SMILES string of the molecule is COc1ccccc1CN(C)C(=O)Cc1cnn(-c2ccccc2)c1. The van der Waals surface area contributed by atoms with E-state index in [-0.39, 0.29) is 5.91 Å². The van der Waals surface area contributed by atoms with E-state index in [0.717, 1.165) is 22.6 Å². The van der Waals surface area contributed by atoms with Crippen molar-refractivity contribution in [1.29, 1.82) is 0 Å². The van der Waals surface area contributed by atoms with Crippen LogP contribution < -0.4 is 4.74 Å². The Morgan fingerprint density at radius 1 is 1.12 bits per heavy atom. The summed E-state index contributed by atoms with van der Waals surface area (Å²) >= 11 is 0. The number of amides is 1. The van der Waals surface area contributed by atoms with Crippen LogP contribution in [0.4, 0.5) is 0 Å². The summed E-state index contributed by atoms with van der Waals surface area (Å²) in [6.07, 6.45) is 3.95. The molecule has 0 fully saturated rings. The summed E-state index contributed by atoms with van der Waals surface area (Å²) in [5.74, 6) is 0.831. The Balaban J connectivity index is 1.65. The maximum Gasteiger partial charge on any atom is 0.227 e. The van der Waals surface area contributed by atoms with E-state index >= 15 is 0 Å². The van der Waals surface area contributed by atoms with Gasteiger partial charge in [0.25, 0.3) is 0 Å². The van der Waals surface area contributed by atoms with Gasteiger partial charge in [0, 0.05) is 25.4 Å². The third-order valence-corrected chi connectivity index (χ3v) is 4.04. The van der Waals surface area contributed by atoms with Gasteiger partial charge in [-0.1, -0.05) is 36.4 Å². The van der Waals surface area contributed by atoms with Crippen LogP contribution in [-0.2, 0) is 17.8 Å². The molecule has 1 aromatic heterocycles. The van der Waals surface area contributed by atoms with Gasteiger partial charge in [-0.15, -0.1) is 0 Å². The van der Waals surface area contributed by atoms with Gasteiger partial charge < -0.3 is 9.64 Å². The number of aromatic nitrogens is 2. The zero-order valence-corrected chi connectivity index (χ0v) is 14.4. The standard InChI is InChI=1S/C20H21N3O2/c1-22(15-17-8-6-7-11-19(17)25-2)20(24)12-16-13-21-23(14-16)18-9-4-3-5-10-18/h3-11,13-14H,12,15H2,1-2H3. The molecule has 5 heteroatoms. The molecule has 0 spiro atoms. The van der Waals surface area contributed by atoms with E-state index < -0.39 is 0 Å². The van der Waals surface area contributed by atoms with Crippen molar-refractivity contribution in [3.63, 3.8) is 0 Å². The van der Waals surface area contributed by atoms with Crippen LogP contribution in [0.15, 0.2) is 67.0 Å². The van der Waals surface area contributed by atoms with E-state index in [1.165, 1.54) is 0 Å². The zero-order valence-electron chi connectivity index (χ0n) is 14.4. The molecule has 0 radical (unpaired) electrons. The summed E-state index contributed by atoms with van der Waals surface area (Å²) in [7, 11) is 3.44. The molecule has 0 N–H and O–H groups in total. The maximum atomic E-state index is 12.5. The van der Waals surface area contributed by atoms with Crippen LogP contribution in [0.5, 0.6) is 5.75 Å². The summed E-state index contributed by atoms with van der Waals surface area (Å²) in [5.41, 5.74) is 2.85. The average molecular weight is 335 g/mol. The Bertz CT molecular complexity index is 843. The van der Waals surface area contributed by atoms with Crippen molar-refractivity contribution in [3.8, 4) is 11.4 Å². The van der Waals surface area contributed by atoms with E-state index in [9.17, 15) is 4.79 Å². The zero-order chi connectivity index (χ0) is 17.6. The topological polar surface area (TPSA) is 47.4 Å². The molecular formula is C20H21N3O2. The molecule has 128 valence electrons. The Morgan fingerprint density at radius 2 is 1.84 bits per heavy atom. The highest BCUT2D eigenvalue weighted by molar-refractivity contribution is 5.78. The van der Waals surface area contributed by atoms with Crippen molar-refractivity contribution < 1.29 is 9.53 Å². The van der Waals surface area contributed by atoms with Gasteiger partial charge in [-0.25, -0.2) is 4.68 Å². The number of rotatable bonds is 6. The minimum Gasteiger partial charge on any atom is -0.496 e. The van der Waals surface area contributed by atoms with E-state index in [0.29, 0.717) is 13.0 Å². The minimum absolute atomic E-state index is 0.0403. The highest BCUT2D eigenvalue weighted by Gasteiger charge is 2.13. The lowest BCUT2D eigenvalue weighted by atomic mass is 10.1. The molecule has 25 heavy (non-hydrogen) atoms. The fourth-order valence-electron chi connectivity index (χ4n) is 2.66. The normalized spacial score (nSPS) is 10.5. The van der Waals surface area contributed by atoms with Gasteiger partial charge in [0.1, 0.15) is 5.75 Å². The molecular weight excluding hydrogens is 314 g/mol. The number of hydrogen-bond donors (Lipinski definition) is 0. The fourth-order valence-corrected chi connectivity index (χ4v) is 2.66. The number of para-hydroxylation sites is 2. The number of hydrogen-bond acceptors (Lipinski definition) is 3. The Kier molecular flexibility index (Phi) is 5.14. The van der Waals surface area contributed by atoms with Gasteiger partial charge in [0.05, 0.1) is 25.4 Å². The van der Waals surface area contributed by atoms with Crippen LogP contribution in [0, 0.1) is 0 Å². The molecule has 0 aliphatic heterocycles. The number of carbonyl (C=O) groups is 1. The number of methoxy groups -OCH3 is 1. The quantitative estimate of drug-likeness (QED) is 0.695. The molecule has 0 unspecified atom stereocenters. The Hall–Kier alpha value is -3.08. The first kappa shape index (κ1) is 16.8. The highest BCUT2D eigenvalue weighted by atomic mass is 16.5. The number of carbonyl (C=O) groups excluding carboxylic acids is 1.